The molecule has 0 unspecified atom stereocenters. The van der Waals surface area contributed by atoms with Gasteiger partial charge in [-0.1, -0.05) is 87.5 Å². The van der Waals surface area contributed by atoms with E-state index in [2.05, 4.69) is 101 Å². The van der Waals surface area contributed by atoms with E-state index >= 15 is 0 Å². The van der Waals surface area contributed by atoms with Crippen LogP contribution in [0.1, 0.15) is 68.7 Å². The number of fused-ring (bicyclic) bond motifs is 3. The monoisotopic (exact) mass is 794 g/mol. The van der Waals surface area contributed by atoms with Crippen molar-refractivity contribution in [3.05, 3.63) is 138 Å². The van der Waals surface area contributed by atoms with Crippen molar-refractivity contribution >= 4 is 22.1 Å². The molecule has 0 aliphatic rings. The van der Waals surface area contributed by atoms with Crippen LogP contribution in [-0.2, 0) is 26.5 Å². The molecule has 0 aliphatic heterocycles. The van der Waals surface area contributed by atoms with Crippen LogP contribution in [0.2, 0.25) is 0 Å². The van der Waals surface area contributed by atoms with Crippen LogP contribution in [0.25, 0.3) is 55.8 Å². The summed E-state index contributed by atoms with van der Waals surface area (Å²) in [5, 5.41) is 2.06. The van der Waals surface area contributed by atoms with Gasteiger partial charge in [0.1, 0.15) is 0 Å². The number of hydrogen-bond acceptors (Lipinski definition) is 4. The fourth-order valence-electron chi connectivity index (χ4n) is 5.96. The van der Waals surface area contributed by atoms with Gasteiger partial charge >= 0.3 is 0 Å². The first-order chi connectivity index (χ1) is 22.4. The Labute approximate surface area is 291 Å². The predicted octanol–water partition coefficient (Wildman–Crippen LogP) is 11.2. The molecule has 7 aromatic rings. The zero-order valence-corrected chi connectivity index (χ0v) is 30.2. The zero-order valence-electron chi connectivity index (χ0n) is 27.8. The van der Waals surface area contributed by atoms with E-state index in [0.29, 0.717) is 17.5 Å². The van der Waals surface area contributed by atoms with Gasteiger partial charge in [-0.05, 0) is 71.5 Å². The summed E-state index contributed by atoms with van der Waals surface area (Å²) in [6, 6.07) is 37.2. The van der Waals surface area contributed by atoms with Crippen LogP contribution >= 0.6 is 0 Å². The number of pyridine rings is 3. The SMILES string of the molecule is CCc1cc(-c2[c-]ccc3c2oc2nc(-c4c(C(C)C)cccc4C(C)C)ccc23)ncc1C.[Ir].[c-]1ccccc1-c1ccccn1. The fraction of sp³-hybridized carbons (Fsp3) is 0.214. The Bertz CT molecular complexity index is 2040. The fourth-order valence-corrected chi connectivity index (χ4v) is 5.96. The van der Waals surface area contributed by atoms with Gasteiger partial charge < -0.3 is 14.4 Å². The zero-order chi connectivity index (χ0) is 32.2. The molecule has 4 nitrogen and oxygen atoms in total. The van der Waals surface area contributed by atoms with Crippen LogP contribution in [0.4, 0.5) is 0 Å². The maximum Gasteiger partial charge on any atom is 0.216 e. The van der Waals surface area contributed by atoms with Gasteiger partial charge in [-0.25, -0.2) is 4.98 Å². The van der Waals surface area contributed by atoms with Gasteiger partial charge in [0, 0.05) is 43.4 Å². The molecule has 1 radical (unpaired) electrons. The summed E-state index contributed by atoms with van der Waals surface area (Å²) in [6.45, 7) is 13.2. The molecule has 4 aromatic heterocycles. The molecule has 47 heavy (non-hydrogen) atoms. The van der Waals surface area contributed by atoms with Gasteiger partial charge in [-0.3, -0.25) is 0 Å². The molecule has 7 rings (SSSR count). The Balaban J connectivity index is 0.000000280. The second-order valence-corrected chi connectivity index (χ2v) is 12.2. The number of furan rings is 1. The molecule has 0 bridgehead atoms. The molecule has 239 valence electrons. The second kappa shape index (κ2) is 15.0. The summed E-state index contributed by atoms with van der Waals surface area (Å²) in [4.78, 5) is 14.0. The van der Waals surface area contributed by atoms with Gasteiger partial charge in [0.25, 0.3) is 0 Å². The molecule has 0 N–H and O–H groups in total. The van der Waals surface area contributed by atoms with Gasteiger partial charge in [-0.2, -0.15) is 0 Å². The van der Waals surface area contributed by atoms with Gasteiger partial charge in [0.2, 0.25) is 5.71 Å². The van der Waals surface area contributed by atoms with Crippen LogP contribution in [-0.4, -0.2) is 15.0 Å². The smallest absolute Gasteiger partial charge is 0.216 e. The molecular formula is C42H39IrN3O-2. The van der Waals surface area contributed by atoms with Crippen molar-refractivity contribution in [2.24, 2.45) is 0 Å². The number of nitrogens with zero attached hydrogens (tertiary/aromatic N) is 3. The second-order valence-electron chi connectivity index (χ2n) is 12.2. The molecule has 0 aliphatic carbocycles. The maximum absolute atomic E-state index is 6.42. The van der Waals surface area contributed by atoms with E-state index < -0.39 is 0 Å². The third kappa shape index (κ3) is 7.12. The van der Waals surface area contributed by atoms with Crippen LogP contribution in [0.15, 0.2) is 108 Å². The molecule has 0 saturated heterocycles. The van der Waals surface area contributed by atoms with Gasteiger partial charge in [0.15, 0.2) is 0 Å². The number of hydrogen-bond donors (Lipinski definition) is 0. The Hall–Kier alpha value is -4.44. The van der Waals surface area contributed by atoms with Crippen LogP contribution in [0.3, 0.4) is 0 Å². The summed E-state index contributed by atoms with van der Waals surface area (Å²) < 4.78 is 6.42. The van der Waals surface area contributed by atoms with E-state index in [0.717, 1.165) is 51.0 Å². The van der Waals surface area contributed by atoms with Crippen LogP contribution < -0.4 is 0 Å². The Morgan fingerprint density at radius 1 is 0.723 bits per heavy atom. The molecule has 5 heteroatoms. The van der Waals surface area contributed by atoms with Crippen LogP contribution in [0, 0.1) is 19.1 Å². The van der Waals surface area contributed by atoms with Crippen molar-refractivity contribution < 1.29 is 24.5 Å². The van der Waals surface area contributed by atoms with Crippen molar-refractivity contribution in [1.82, 2.24) is 15.0 Å². The topological polar surface area (TPSA) is 51.8 Å². The minimum Gasteiger partial charge on any atom is -0.486 e. The quantitative estimate of drug-likeness (QED) is 0.157. The minimum absolute atomic E-state index is 0. The average molecular weight is 794 g/mol. The summed E-state index contributed by atoms with van der Waals surface area (Å²) in [5.74, 6) is 0.812. The first-order valence-corrected chi connectivity index (χ1v) is 16.1. The third-order valence-corrected chi connectivity index (χ3v) is 8.43. The van der Waals surface area contributed by atoms with E-state index in [1.165, 1.54) is 27.8 Å². The molecule has 0 amide bonds. The summed E-state index contributed by atoms with van der Waals surface area (Å²) >= 11 is 0. The standard InChI is InChI=1S/C31H31N2O.C11H8N.Ir/c1-7-21-16-28(32-17-20(21)6)26-13-9-12-24-25-14-15-27(33-31(25)34-30(24)26)29-22(18(2)3)10-8-11-23(29)19(4)5;1-2-6-10(7-3-1)11-8-4-5-9-12-11;/h8-12,14-19H,7H2,1-6H3;1-6,8-9H;/q2*-1;. The number of aryl methyl sites for hydroxylation is 2. The summed E-state index contributed by atoms with van der Waals surface area (Å²) in [5.41, 5.74) is 12.6. The Kier molecular flexibility index (Phi) is 10.8. The van der Waals surface area contributed by atoms with E-state index in [4.69, 9.17) is 14.4 Å². The summed E-state index contributed by atoms with van der Waals surface area (Å²) in [6.07, 6.45) is 4.70. The number of aromatic nitrogens is 3. The molecule has 0 saturated carbocycles. The van der Waals surface area contributed by atoms with Gasteiger partial charge in [0.05, 0.1) is 11.3 Å². The molecule has 0 atom stereocenters. The molecule has 3 aromatic carbocycles. The normalized spacial score (nSPS) is 11.1. The van der Waals surface area contributed by atoms with Crippen LogP contribution in [0.5, 0.6) is 0 Å². The van der Waals surface area contributed by atoms with E-state index in [9.17, 15) is 0 Å². The molecular weight excluding hydrogens is 755 g/mol. The van der Waals surface area contributed by atoms with Gasteiger partial charge in [-0.15, -0.1) is 54.1 Å². The Morgan fingerprint density at radius 2 is 1.49 bits per heavy atom. The molecule has 0 spiro atoms. The van der Waals surface area contributed by atoms with E-state index in [1.54, 1.807) is 6.20 Å². The van der Waals surface area contributed by atoms with Crippen molar-refractivity contribution in [3.8, 4) is 33.8 Å². The Morgan fingerprint density at radius 3 is 2.15 bits per heavy atom. The van der Waals surface area contributed by atoms with Crippen molar-refractivity contribution in [2.45, 2.75) is 59.8 Å². The molecule has 4 heterocycles. The molecule has 0 fully saturated rings. The average Bonchev–Trinajstić information content (AvgIpc) is 3.47. The van der Waals surface area contributed by atoms with E-state index in [-0.39, 0.29) is 20.1 Å². The van der Waals surface area contributed by atoms with Crippen molar-refractivity contribution in [3.63, 3.8) is 0 Å². The van der Waals surface area contributed by atoms with E-state index in [1.807, 2.05) is 54.7 Å². The maximum atomic E-state index is 6.42. The number of benzene rings is 3. The van der Waals surface area contributed by atoms with Crippen molar-refractivity contribution in [2.75, 3.05) is 0 Å². The summed E-state index contributed by atoms with van der Waals surface area (Å²) in [7, 11) is 0. The number of rotatable bonds is 6. The first kappa shape index (κ1) is 33.9. The first-order valence-electron chi connectivity index (χ1n) is 16.1. The minimum atomic E-state index is 0. The predicted molar refractivity (Wildman–Crippen MR) is 190 cm³/mol. The van der Waals surface area contributed by atoms with Crippen molar-refractivity contribution in [1.29, 1.82) is 0 Å². The largest absolute Gasteiger partial charge is 0.486 e. The third-order valence-electron chi connectivity index (χ3n) is 8.43.